The first-order valence-electron chi connectivity index (χ1n) is 8.53. The van der Waals surface area contributed by atoms with Gasteiger partial charge in [-0.2, -0.15) is 0 Å². The van der Waals surface area contributed by atoms with Crippen molar-refractivity contribution >= 4 is 17.5 Å². The molecule has 5 nitrogen and oxygen atoms in total. The van der Waals surface area contributed by atoms with Crippen LogP contribution in [0.2, 0.25) is 5.02 Å². The summed E-state index contributed by atoms with van der Waals surface area (Å²) in [5, 5.41) is 3.15. The number of amides is 1. The Hall–Kier alpha value is -2.40. The van der Waals surface area contributed by atoms with Gasteiger partial charge in [-0.1, -0.05) is 36.2 Å². The maximum atomic E-state index is 12.3. The molecule has 6 heteroatoms. The van der Waals surface area contributed by atoms with Gasteiger partial charge in [0.15, 0.2) is 11.5 Å². The van der Waals surface area contributed by atoms with Crippen molar-refractivity contribution in [3.63, 3.8) is 0 Å². The van der Waals surface area contributed by atoms with Gasteiger partial charge >= 0.3 is 0 Å². The van der Waals surface area contributed by atoms with Crippen LogP contribution in [0.25, 0.3) is 0 Å². The molecule has 0 unspecified atom stereocenters. The first kappa shape index (κ1) is 19.9. The summed E-state index contributed by atoms with van der Waals surface area (Å²) in [6, 6.07) is 10.9. The van der Waals surface area contributed by atoms with E-state index < -0.39 is 0 Å². The highest BCUT2D eigenvalue weighted by molar-refractivity contribution is 6.32. The van der Waals surface area contributed by atoms with Gasteiger partial charge in [-0.15, -0.1) is 0 Å². The van der Waals surface area contributed by atoms with Gasteiger partial charge in [0.25, 0.3) is 5.91 Å². The molecular weight excluding hydrogens is 354 g/mol. The second-order valence-electron chi connectivity index (χ2n) is 5.76. The van der Waals surface area contributed by atoms with Crippen molar-refractivity contribution < 1.29 is 19.0 Å². The number of benzene rings is 2. The zero-order valence-electron chi connectivity index (χ0n) is 15.3. The van der Waals surface area contributed by atoms with E-state index in [1.807, 2.05) is 38.1 Å². The number of hydrogen-bond donors (Lipinski definition) is 1. The number of halogens is 1. The average molecular weight is 378 g/mol. The van der Waals surface area contributed by atoms with Crippen LogP contribution < -0.4 is 19.5 Å². The lowest BCUT2D eigenvalue weighted by Crippen LogP contribution is -2.28. The van der Waals surface area contributed by atoms with Crippen LogP contribution in [0.4, 0.5) is 0 Å². The molecular formula is C20H24ClNO4. The molecule has 2 rings (SSSR count). The Kier molecular flexibility index (Phi) is 7.60. The number of hydrogen-bond acceptors (Lipinski definition) is 4. The van der Waals surface area contributed by atoms with Crippen molar-refractivity contribution in [1.82, 2.24) is 5.32 Å². The molecule has 0 saturated heterocycles. The van der Waals surface area contributed by atoms with Crippen LogP contribution in [0.5, 0.6) is 17.2 Å². The first-order chi connectivity index (χ1) is 12.5. The molecule has 0 atom stereocenters. The van der Waals surface area contributed by atoms with Crippen molar-refractivity contribution in [2.75, 3.05) is 26.9 Å². The lowest BCUT2D eigenvalue weighted by molar-refractivity contribution is 0.0946. The molecule has 0 bridgehead atoms. The molecule has 1 N–H and O–H groups in total. The molecule has 0 fully saturated rings. The molecule has 1 amide bonds. The summed E-state index contributed by atoms with van der Waals surface area (Å²) in [5.74, 6) is 1.41. The Balaban J connectivity index is 1.92. The van der Waals surface area contributed by atoms with Crippen molar-refractivity contribution in [2.24, 2.45) is 0 Å². The van der Waals surface area contributed by atoms with Crippen molar-refractivity contribution in [3.05, 3.63) is 52.5 Å². The Morgan fingerprint density at radius 1 is 1.12 bits per heavy atom. The second kappa shape index (κ2) is 9.92. The van der Waals surface area contributed by atoms with Gasteiger partial charge in [-0.25, -0.2) is 0 Å². The molecule has 2 aromatic carbocycles. The number of carbonyl (C=O) groups is 1. The highest BCUT2D eigenvalue weighted by Crippen LogP contribution is 2.36. The molecule has 26 heavy (non-hydrogen) atoms. The van der Waals surface area contributed by atoms with Crippen LogP contribution in [-0.4, -0.2) is 32.8 Å². The molecule has 0 saturated carbocycles. The van der Waals surface area contributed by atoms with E-state index in [2.05, 4.69) is 5.32 Å². The monoisotopic (exact) mass is 377 g/mol. The Labute approximate surface area is 159 Å². The third-order valence-electron chi connectivity index (χ3n) is 3.62. The van der Waals surface area contributed by atoms with Crippen molar-refractivity contribution in [3.8, 4) is 17.2 Å². The van der Waals surface area contributed by atoms with Crippen molar-refractivity contribution in [2.45, 2.75) is 20.3 Å². The molecule has 140 valence electrons. The molecule has 0 aliphatic rings. The van der Waals surface area contributed by atoms with Crippen molar-refractivity contribution in [1.29, 1.82) is 0 Å². The SMILES string of the molecule is CCCOc1c(Cl)cc(C(=O)NCCOc2ccc(C)cc2)cc1OC. The predicted molar refractivity (Wildman–Crippen MR) is 103 cm³/mol. The highest BCUT2D eigenvalue weighted by Gasteiger charge is 2.15. The maximum Gasteiger partial charge on any atom is 0.251 e. The Bertz CT molecular complexity index is 731. The Morgan fingerprint density at radius 2 is 1.85 bits per heavy atom. The van der Waals surface area contributed by atoms with Gasteiger partial charge in [0, 0.05) is 5.56 Å². The molecule has 0 aromatic heterocycles. The highest BCUT2D eigenvalue weighted by atomic mass is 35.5. The zero-order chi connectivity index (χ0) is 18.9. The number of aryl methyl sites for hydroxylation is 1. The predicted octanol–water partition coefficient (Wildman–Crippen LogP) is 4.25. The number of rotatable bonds is 9. The lowest BCUT2D eigenvalue weighted by Gasteiger charge is -2.14. The van der Waals surface area contributed by atoms with Gasteiger partial charge in [0.05, 0.1) is 25.3 Å². The largest absolute Gasteiger partial charge is 0.493 e. The summed E-state index contributed by atoms with van der Waals surface area (Å²) >= 11 is 6.24. The third-order valence-corrected chi connectivity index (χ3v) is 3.90. The van der Waals surface area contributed by atoms with Crippen LogP contribution in [0.1, 0.15) is 29.3 Å². The quantitative estimate of drug-likeness (QED) is 0.663. The van der Waals surface area contributed by atoms with E-state index in [1.165, 1.54) is 12.7 Å². The maximum absolute atomic E-state index is 12.3. The molecule has 0 aliphatic carbocycles. The zero-order valence-corrected chi connectivity index (χ0v) is 16.1. The van der Waals surface area contributed by atoms with E-state index >= 15 is 0 Å². The summed E-state index contributed by atoms with van der Waals surface area (Å²) < 4.78 is 16.5. The second-order valence-corrected chi connectivity index (χ2v) is 6.16. The van der Waals surface area contributed by atoms with Crippen LogP contribution in [0, 0.1) is 6.92 Å². The van der Waals surface area contributed by atoms with Gasteiger partial charge in [-0.05, 0) is 37.6 Å². The van der Waals surface area contributed by atoms with E-state index in [0.29, 0.717) is 41.8 Å². The average Bonchev–Trinajstić information content (AvgIpc) is 2.64. The standard InChI is InChI=1S/C20H24ClNO4/c1-4-10-26-19-17(21)12-15(13-18(19)24-3)20(23)22-9-11-25-16-7-5-14(2)6-8-16/h5-8,12-13H,4,9-11H2,1-3H3,(H,22,23). The first-order valence-corrected chi connectivity index (χ1v) is 8.91. The fourth-order valence-corrected chi connectivity index (χ4v) is 2.53. The number of methoxy groups -OCH3 is 1. The summed E-state index contributed by atoms with van der Waals surface area (Å²) in [6.45, 7) is 5.29. The van der Waals surface area contributed by atoms with Crippen LogP contribution in [0.15, 0.2) is 36.4 Å². The van der Waals surface area contributed by atoms with Gasteiger partial charge in [-0.3, -0.25) is 4.79 Å². The van der Waals surface area contributed by atoms with Crippen LogP contribution >= 0.6 is 11.6 Å². The third kappa shape index (κ3) is 5.56. The molecule has 0 radical (unpaired) electrons. The normalized spacial score (nSPS) is 10.3. The summed E-state index contributed by atoms with van der Waals surface area (Å²) in [5.41, 5.74) is 1.58. The minimum Gasteiger partial charge on any atom is -0.493 e. The van der Waals surface area contributed by atoms with Gasteiger partial charge in [0.1, 0.15) is 12.4 Å². The fourth-order valence-electron chi connectivity index (χ4n) is 2.27. The van der Waals surface area contributed by atoms with Gasteiger partial charge < -0.3 is 19.5 Å². The van der Waals surface area contributed by atoms with E-state index in [9.17, 15) is 4.79 Å². The van der Waals surface area contributed by atoms with E-state index in [4.69, 9.17) is 25.8 Å². The summed E-state index contributed by atoms with van der Waals surface area (Å²) in [7, 11) is 1.52. The van der Waals surface area contributed by atoms with Gasteiger partial charge in [0.2, 0.25) is 0 Å². The molecule has 0 heterocycles. The number of nitrogens with one attached hydrogen (secondary N) is 1. The molecule has 0 spiro atoms. The fraction of sp³-hybridized carbons (Fsp3) is 0.350. The Morgan fingerprint density at radius 3 is 2.50 bits per heavy atom. The summed E-state index contributed by atoms with van der Waals surface area (Å²) in [4.78, 5) is 12.3. The number of carbonyl (C=O) groups excluding carboxylic acids is 1. The van der Waals surface area contributed by atoms with E-state index in [1.54, 1.807) is 12.1 Å². The minimum absolute atomic E-state index is 0.250. The van der Waals surface area contributed by atoms with E-state index in [-0.39, 0.29) is 5.91 Å². The molecule has 0 aliphatic heterocycles. The van der Waals surface area contributed by atoms with Crippen LogP contribution in [-0.2, 0) is 0 Å². The minimum atomic E-state index is -0.250. The lowest BCUT2D eigenvalue weighted by atomic mass is 10.2. The smallest absolute Gasteiger partial charge is 0.251 e. The topological polar surface area (TPSA) is 56.8 Å². The molecule has 2 aromatic rings. The van der Waals surface area contributed by atoms with Crippen LogP contribution in [0.3, 0.4) is 0 Å². The number of ether oxygens (including phenoxy) is 3. The van der Waals surface area contributed by atoms with E-state index in [0.717, 1.165) is 12.2 Å². The summed E-state index contributed by atoms with van der Waals surface area (Å²) in [6.07, 6.45) is 0.850.